The van der Waals surface area contributed by atoms with Gasteiger partial charge in [-0.1, -0.05) is 52.3 Å². The molecule has 5 heteroatoms. The number of benzene rings is 2. The summed E-state index contributed by atoms with van der Waals surface area (Å²) in [5.74, 6) is 0.104. The van der Waals surface area contributed by atoms with Gasteiger partial charge in [0.1, 0.15) is 0 Å². The van der Waals surface area contributed by atoms with Crippen LogP contribution in [0.1, 0.15) is 24.5 Å². The van der Waals surface area contributed by atoms with Crippen molar-refractivity contribution in [2.45, 2.75) is 30.8 Å². The Labute approximate surface area is 178 Å². The van der Waals surface area contributed by atoms with Crippen LogP contribution in [0, 0.1) is 5.41 Å². The molecule has 0 bridgehead atoms. The van der Waals surface area contributed by atoms with Crippen molar-refractivity contribution >= 4 is 27.4 Å². The molecule has 2 heterocycles. The fourth-order valence-electron chi connectivity index (χ4n) is 5.39. The zero-order valence-electron chi connectivity index (χ0n) is 16.2. The molecule has 0 amide bonds. The van der Waals surface area contributed by atoms with E-state index in [0.29, 0.717) is 6.42 Å². The number of rotatable bonds is 4. The highest BCUT2D eigenvalue weighted by Gasteiger charge is 2.73. The lowest BCUT2D eigenvalue weighted by atomic mass is 9.69. The van der Waals surface area contributed by atoms with Crippen LogP contribution in [0.4, 0.5) is 5.69 Å². The molecule has 0 spiro atoms. The molecule has 0 radical (unpaired) electrons. The highest BCUT2D eigenvalue weighted by molar-refractivity contribution is 9.10. The maximum absolute atomic E-state index is 14.1. The molecule has 3 atom stereocenters. The van der Waals surface area contributed by atoms with Crippen LogP contribution in [0.15, 0.2) is 84.1 Å². The van der Waals surface area contributed by atoms with Crippen LogP contribution in [-0.4, -0.2) is 15.6 Å². The van der Waals surface area contributed by atoms with E-state index >= 15 is 0 Å². The molecule has 2 aliphatic rings. The fraction of sp³-hybridized carbons (Fsp3) is 0.250. The van der Waals surface area contributed by atoms with E-state index in [0.717, 1.165) is 22.1 Å². The largest absolute Gasteiger partial charge is 0.354 e. The molecule has 1 N–H and O–H groups in total. The highest BCUT2D eigenvalue weighted by Crippen LogP contribution is 2.64. The molecule has 146 valence electrons. The van der Waals surface area contributed by atoms with Gasteiger partial charge in [0.05, 0.1) is 5.41 Å². The first-order valence-corrected chi connectivity index (χ1v) is 10.6. The van der Waals surface area contributed by atoms with Crippen molar-refractivity contribution in [1.82, 2.24) is 9.78 Å². The standard InChI is InChI=1S/C24H22BrN3O/c1-3-22(2)16-23(15-17-8-5-4-6-9-17)19-14-18(25)10-11-20(19)27-24(23,21(22)29)28-13-7-12-26-28/h3-14,27H,1,15-16H2,2H3/t22-,23+,24-/m0/s1. The molecule has 29 heavy (non-hydrogen) atoms. The smallest absolute Gasteiger partial charge is 0.201 e. The summed E-state index contributed by atoms with van der Waals surface area (Å²) in [5, 5.41) is 8.18. The summed E-state index contributed by atoms with van der Waals surface area (Å²) in [6.07, 6.45) is 6.82. The quantitative estimate of drug-likeness (QED) is 0.567. The Balaban J connectivity index is 1.84. The minimum Gasteiger partial charge on any atom is -0.354 e. The van der Waals surface area contributed by atoms with Crippen molar-refractivity contribution in [2.75, 3.05) is 5.32 Å². The molecule has 3 aromatic rings. The zero-order valence-corrected chi connectivity index (χ0v) is 17.8. The van der Waals surface area contributed by atoms with Gasteiger partial charge in [-0.05, 0) is 55.2 Å². The molecule has 1 aliphatic heterocycles. The van der Waals surface area contributed by atoms with Crippen LogP contribution in [0.5, 0.6) is 0 Å². The summed E-state index contributed by atoms with van der Waals surface area (Å²) in [6, 6.07) is 18.5. The van der Waals surface area contributed by atoms with E-state index in [4.69, 9.17) is 0 Å². The summed E-state index contributed by atoms with van der Waals surface area (Å²) < 4.78 is 2.82. The Morgan fingerprint density at radius 3 is 2.72 bits per heavy atom. The summed E-state index contributed by atoms with van der Waals surface area (Å²) >= 11 is 3.64. The third-order valence-electron chi connectivity index (χ3n) is 6.67. The van der Waals surface area contributed by atoms with E-state index in [1.807, 2.05) is 48.1 Å². The van der Waals surface area contributed by atoms with Gasteiger partial charge in [0, 0.05) is 28.0 Å². The number of halogens is 1. The number of carbonyl (C=O) groups excluding carboxylic acids is 1. The third kappa shape index (κ3) is 2.31. The predicted octanol–water partition coefficient (Wildman–Crippen LogP) is 5.07. The minimum absolute atomic E-state index is 0.104. The van der Waals surface area contributed by atoms with Crippen molar-refractivity contribution in [3.05, 3.63) is 95.2 Å². The van der Waals surface area contributed by atoms with E-state index < -0.39 is 16.5 Å². The van der Waals surface area contributed by atoms with Crippen LogP contribution < -0.4 is 5.32 Å². The number of anilines is 1. The number of hydrogen-bond acceptors (Lipinski definition) is 3. The van der Waals surface area contributed by atoms with Crippen molar-refractivity contribution in [3.63, 3.8) is 0 Å². The topological polar surface area (TPSA) is 46.9 Å². The van der Waals surface area contributed by atoms with Crippen molar-refractivity contribution in [1.29, 1.82) is 0 Å². The average Bonchev–Trinajstić information content (AvgIpc) is 3.38. The lowest BCUT2D eigenvalue weighted by Gasteiger charge is -2.39. The van der Waals surface area contributed by atoms with Gasteiger partial charge < -0.3 is 5.32 Å². The van der Waals surface area contributed by atoms with Crippen LogP contribution in [-0.2, 0) is 22.3 Å². The minimum atomic E-state index is -1.00. The molecule has 0 saturated heterocycles. The maximum atomic E-state index is 14.1. The second-order valence-electron chi connectivity index (χ2n) is 8.35. The SMILES string of the molecule is C=C[C@@]1(C)C[C@]2(Cc3ccccc3)c3cc(Br)ccc3N[C@]2(n2cccn2)C1=O. The van der Waals surface area contributed by atoms with Gasteiger partial charge in [-0.3, -0.25) is 4.79 Å². The van der Waals surface area contributed by atoms with Crippen LogP contribution in [0.25, 0.3) is 0 Å². The number of ketones is 1. The molecule has 2 aromatic carbocycles. The van der Waals surface area contributed by atoms with E-state index in [1.54, 1.807) is 6.20 Å². The normalized spacial score (nSPS) is 29.9. The van der Waals surface area contributed by atoms with Crippen molar-refractivity contribution in [2.24, 2.45) is 5.41 Å². The second kappa shape index (κ2) is 6.17. The zero-order chi connectivity index (χ0) is 20.3. The Bertz CT molecular complexity index is 1110. The molecule has 4 nitrogen and oxygen atoms in total. The third-order valence-corrected chi connectivity index (χ3v) is 7.16. The Hall–Kier alpha value is -2.66. The van der Waals surface area contributed by atoms with Crippen LogP contribution in [0.2, 0.25) is 0 Å². The number of carbonyl (C=O) groups is 1. The van der Waals surface area contributed by atoms with Gasteiger partial charge in [0.15, 0.2) is 5.78 Å². The van der Waals surface area contributed by atoms with Crippen molar-refractivity contribution in [3.8, 4) is 0 Å². The average molecular weight is 448 g/mol. The first-order chi connectivity index (χ1) is 14.0. The van der Waals surface area contributed by atoms with Gasteiger partial charge in [0.2, 0.25) is 5.66 Å². The summed E-state index contributed by atoms with van der Waals surface area (Å²) in [4.78, 5) is 14.1. The lowest BCUT2D eigenvalue weighted by molar-refractivity contribution is -0.130. The second-order valence-corrected chi connectivity index (χ2v) is 9.26. The molecular formula is C24H22BrN3O. The fourth-order valence-corrected chi connectivity index (χ4v) is 5.75. The molecule has 1 fully saturated rings. The molecule has 1 aromatic heterocycles. The van der Waals surface area contributed by atoms with E-state index in [-0.39, 0.29) is 5.78 Å². The lowest BCUT2D eigenvalue weighted by Crippen LogP contribution is -2.56. The maximum Gasteiger partial charge on any atom is 0.201 e. The Kier molecular flexibility index (Phi) is 3.91. The van der Waals surface area contributed by atoms with E-state index in [2.05, 4.69) is 63.3 Å². The number of nitrogens with one attached hydrogen (secondary N) is 1. The summed E-state index contributed by atoms with van der Waals surface area (Å²) in [7, 11) is 0. The van der Waals surface area contributed by atoms with E-state index in [1.165, 1.54) is 5.56 Å². The van der Waals surface area contributed by atoms with Gasteiger partial charge in [-0.2, -0.15) is 5.10 Å². The molecular weight excluding hydrogens is 426 g/mol. The number of aromatic nitrogens is 2. The van der Waals surface area contributed by atoms with Crippen LogP contribution >= 0.6 is 15.9 Å². The highest BCUT2D eigenvalue weighted by atomic mass is 79.9. The van der Waals surface area contributed by atoms with E-state index in [9.17, 15) is 4.79 Å². The molecule has 1 aliphatic carbocycles. The van der Waals surface area contributed by atoms with Gasteiger partial charge in [-0.15, -0.1) is 6.58 Å². The van der Waals surface area contributed by atoms with Gasteiger partial charge >= 0.3 is 0 Å². The number of fused-ring (bicyclic) bond motifs is 3. The summed E-state index contributed by atoms with van der Waals surface area (Å²) in [5.41, 5.74) is 1.16. The van der Waals surface area contributed by atoms with Crippen molar-refractivity contribution < 1.29 is 4.79 Å². The van der Waals surface area contributed by atoms with Crippen LogP contribution in [0.3, 0.4) is 0 Å². The van der Waals surface area contributed by atoms with Gasteiger partial charge in [-0.25, -0.2) is 4.68 Å². The number of Topliss-reactive ketones (excluding diaryl/α,β-unsaturated/α-hetero) is 1. The number of allylic oxidation sites excluding steroid dienone is 1. The summed E-state index contributed by atoms with van der Waals surface area (Å²) in [6.45, 7) is 6.03. The Morgan fingerprint density at radius 1 is 1.24 bits per heavy atom. The molecule has 0 unspecified atom stereocenters. The Morgan fingerprint density at radius 2 is 2.03 bits per heavy atom. The number of hydrogen-bond donors (Lipinski definition) is 1. The first-order valence-electron chi connectivity index (χ1n) is 9.76. The molecule has 5 rings (SSSR count). The first kappa shape index (κ1) is 18.4. The van der Waals surface area contributed by atoms with Gasteiger partial charge in [0.25, 0.3) is 0 Å². The molecule has 1 saturated carbocycles. The predicted molar refractivity (Wildman–Crippen MR) is 118 cm³/mol. The monoisotopic (exact) mass is 447 g/mol. The number of nitrogens with zero attached hydrogens (tertiary/aromatic N) is 2.